The fraction of sp³-hybridized carbons (Fsp3) is 1.00. The van der Waals surface area contributed by atoms with Gasteiger partial charge in [0.05, 0.1) is 0 Å². The number of rotatable bonds is 5. The van der Waals surface area contributed by atoms with Crippen molar-refractivity contribution < 1.29 is 17.9 Å². The van der Waals surface area contributed by atoms with Gasteiger partial charge in [-0.1, -0.05) is 29.3 Å². The SMILES string of the molecule is CCC1CCC(Br)C(CCOCC(F)(F)F)C1. The van der Waals surface area contributed by atoms with E-state index in [0.717, 1.165) is 25.2 Å². The van der Waals surface area contributed by atoms with E-state index in [0.29, 0.717) is 10.7 Å². The van der Waals surface area contributed by atoms with Crippen molar-refractivity contribution in [2.45, 2.75) is 50.0 Å². The lowest BCUT2D eigenvalue weighted by Gasteiger charge is -2.32. The molecule has 3 unspecified atom stereocenters. The Kier molecular flexibility index (Phi) is 6.27. The number of hydrogen-bond donors (Lipinski definition) is 0. The third-order valence-electron chi connectivity index (χ3n) is 3.47. The summed E-state index contributed by atoms with van der Waals surface area (Å²) in [5, 5.41) is 0. The average molecular weight is 317 g/mol. The topological polar surface area (TPSA) is 9.23 Å². The van der Waals surface area contributed by atoms with Gasteiger partial charge in [0.25, 0.3) is 0 Å². The van der Waals surface area contributed by atoms with Crippen LogP contribution in [0.4, 0.5) is 13.2 Å². The van der Waals surface area contributed by atoms with Crippen LogP contribution in [0.5, 0.6) is 0 Å². The first kappa shape index (κ1) is 15.3. The maximum atomic E-state index is 11.9. The third-order valence-corrected chi connectivity index (χ3v) is 4.68. The molecule has 0 radical (unpaired) electrons. The summed E-state index contributed by atoms with van der Waals surface area (Å²) in [5.74, 6) is 1.19. The van der Waals surface area contributed by atoms with Crippen LogP contribution < -0.4 is 0 Å². The van der Waals surface area contributed by atoms with Crippen LogP contribution in [-0.4, -0.2) is 24.2 Å². The second-order valence-corrected chi connectivity index (χ2v) is 6.00. The van der Waals surface area contributed by atoms with Gasteiger partial charge in [0.2, 0.25) is 0 Å². The van der Waals surface area contributed by atoms with Crippen LogP contribution in [0, 0.1) is 11.8 Å². The van der Waals surface area contributed by atoms with Gasteiger partial charge in [-0.3, -0.25) is 0 Å². The second kappa shape index (κ2) is 6.98. The van der Waals surface area contributed by atoms with E-state index in [1.165, 1.54) is 12.8 Å². The number of hydrogen-bond acceptors (Lipinski definition) is 1. The monoisotopic (exact) mass is 316 g/mol. The maximum Gasteiger partial charge on any atom is 0.411 e. The largest absolute Gasteiger partial charge is 0.411 e. The van der Waals surface area contributed by atoms with Gasteiger partial charge in [-0.05, 0) is 37.5 Å². The van der Waals surface area contributed by atoms with Crippen LogP contribution in [0.3, 0.4) is 0 Å². The minimum absolute atomic E-state index is 0.211. The van der Waals surface area contributed by atoms with Crippen molar-refractivity contribution in [3.8, 4) is 0 Å². The lowest BCUT2D eigenvalue weighted by molar-refractivity contribution is -0.174. The van der Waals surface area contributed by atoms with E-state index in [2.05, 4.69) is 27.6 Å². The summed E-state index contributed by atoms with van der Waals surface area (Å²) < 4.78 is 40.3. The molecule has 17 heavy (non-hydrogen) atoms. The van der Waals surface area contributed by atoms with Crippen molar-refractivity contribution in [1.82, 2.24) is 0 Å². The van der Waals surface area contributed by atoms with Crippen molar-refractivity contribution in [2.75, 3.05) is 13.2 Å². The molecule has 0 aromatic carbocycles. The Labute approximate surface area is 109 Å². The van der Waals surface area contributed by atoms with Gasteiger partial charge in [0.1, 0.15) is 6.61 Å². The first-order valence-electron chi connectivity index (χ1n) is 6.21. The zero-order valence-electron chi connectivity index (χ0n) is 10.1. The molecule has 0 spiro atoms. The van der Waals surface area contributed by atoms with E-state index in [1.54, 1.807) is 0 Å². The highest BCUT2D eigenvalue weighted by atomic mass is 79.9. The van der Waals surface area contributed by atoms with Gasteiger partial charge in [-0.25, -0.2) is 0 Å². The summed E-state index contributed by atoms with van der Waals surface area (Å²) >= 11 is 3.63. The van der Waals surface area contributed by atoms with Crippen LogP contribution in [0.1, 0.15) is 39.0 Å². The Morgan fingerprint density at radius 3 is 2.59 bits per heavy atom. The maximum absolute atomic E-state index is 11.9. The number of halogens is 4. The predicted molar refractivity (Wildman–Crippen MR) is 65.3 cm³/mol. The van der Waals surface area contributed by atoms with E-state index in [4.69, 9.17) is 0 Å². The molecule has 0 aromatic rings. The third kappa shape index (κ3) is 6.09. The Morgan fingerprint density at radius 1 is 1.29 bits per heavy atom. The zero-order valence-corrected chi connectivity index (χ0v) is 11.7. The van der Waals surface area contributed by atoms with Gasteiger partial charge in [-0.2, -0.15) is 13.2 Å². The molecule has 0 aliphatic heterocycles. The molecule has 3 atom stereocenters. The minimum atomic E-state index is -4.20. The Balaban J connectivity index is 2.20. The van der Waals surface area contributed by atoms with Crippen molar-refractivity contribution in [1.29, 1.82) is 0 Å². The molecule has 0 aromatic heterocycles. The lowest BCUT2D eigenvalue weighted by atomic mass is 9.79. The van der Waals surface area contributed by atoms with E-state index in [-0.39, 0.29) is 6.61 Å². The van der Waals surface area contributed by atoms with Crippen LogP contribution in [0.15, 0.2) is 0 Å². The molecule has 0 bridgehead atoms. The Hall–Kier alpha value is 0.230. The fourth-order valence-corrected chi connectivity index (χ4v) is 3.16. The quantitative estimate of drug-likeness (QED) is 0.534. The van der Waals surface area contributed by atoms with E-state index < -0.39 is 12.8 Å². The predicted octanol–water partition coefficient (Wildman–Crippen LogP) is 4.55. The van der Waals surface area contributed by atoms with Gasteiger partial charge < -0.3 is 4.74 Å². The molecule has 1 fully saturated rings. The van der Waals surface area contributed by atoms with Gasteiger partial charge in [-0.15, -0.1) is 0 Å². The molecular weight excluding hydrogens is 297 g/mol. The molecule has 1 saturated carbocycles. The zero-order chi connectivity index (χ0) is 12.9. The van der Waals surface area contributed by atoms with Crippen LogP contribution in [0.25, 0.3) is 0 Å². The molecule has 102 valence electrons. The summed E-state index contributed by atoms with van der Waals surface area (Å²) in [5.41, 5.74) is 0. The Morgan fingerprint density at radius 2 is 2.00 bits per heavy atom. The van der Waals surface area contributed by atoms with Crippen molar-refractivity contribution in [3.05, 3.63) is 0 Å². The van der Waals surface area contributed by atoms with Gasteiger partial charge in [0, 0.05) is 11.4 Å². The summed E-state index contributed by atoms with van der Waals surface area (Å²) in [6.45, 7) is 1.27. The highest BCUT2D eigenvalue weighted by Crippen LogP contribution is 2.37. The van der Waals surface area contributed by atoms with Crippen molar-refractivity contribution in [3.63, 3.8) is 0 Å². The van der Waals surface area contributed by atoms with Crippen LogP contribution in [0.2, 0.25) is 0 Å². The lowest BCUT2D eigenvalue weighted by Crippen LogP contribution is -2.26. The van der Waals surface area contributed by atoms with Gasteiger partial charge in [0.15, 0.2) is 0 Å². The average Bonchev–Trinajstić information content (AvgIpc) is 2.25. The summed E-state index contributed by atoms with van der Waals surface area (Å²) in [7, 11) is 0. The fourth-order valence-electron chi connectivity index (χ4n) is 2.42. The standard InChI is InChI=1S/C12H20BrF3O/c1-2-9-3-4-11(13)10(7-9)5-6-17-8-12(14,15)16/h9-11H,2-8H2,1H3. The Bertz CT molecular complexity index is 220. The first-order valence-corrected chi connectivity index (χ1v) is 7.12. The molecular formula is C12H20BrF3O. The second-order valence-electron chi connectivity index (χ2n) is 4.82. The number of alkyl halides is 4. The normalized spacial score (nSPS) is 30.5. The summed E-state index contributed by atoms with van der Waals surface area (Å²) in [6.07, 6.45) is 1.16. The van der Waals surface area contributed by atoms with Gasteiger partial charge >= 0.3 is 6.18 Å². The molecule has 0 N–H and O–H groups in total. The number of ether oxygens (including phenoxy) is 1. The van der Waals surface area contributed by atoms with E-state index in [9.17, 15) is 13.2 Å². The summed E-state index contributed by atoms with van der Waals surface area (Å²) in [6, 6.07) is 0. The highest BCUT2D eigenvalue weighted by molar-refractivity contribution is 9.09. The molecule has 0 heterocycles. The highest BCUT2D eigenvalue weighted by Gasteiger charge is 2.29. The molecule has 1 aliphatic carbocycles. The van der Waals surface area contributed by atoms with Crippen LogP contribution in [-0.2, 0) is 4.74 Å². The smallest absolute Gasteiger partial charge is 0.372 e. The van der Waals surface area contributed by atoms with E-state index >= 15 is 0 Å². The minimum Gasteiger partial charge on any atom is -0.372 e. The molecule has 0 saturated heterocycles. The molecule has 1 rings (SSSR count). The molecule has 0 amide bonds. The van der Waals surface area contributed by atoms with Crippen molar-refractivity contribution in [2.24, 2.45) is 11.8 Å². The molecule has 5 heteroatoms. The van der Waals surface area contributed by atoms with E-state index in [1.807, 2.05) is 0 Å². The summed E-state index contributed by atoms with van der Waals surface area (Å²) in [4.78, 5) is 0.444. The molecule has 1 aliphatic rings. The van der Waals surface area contributed by atoms with Crippen LogP contribution >= 0.6 is 15.9 Å². The molecule has 1 nitrogen and oxygen atoms in total. The van der Waals surface area contributed by atoms with Crippen molar-refractivity contribution >= 4 is 15.9 Å². The first-order chi connectivity index (χ1) is 7.92.